The Labute approximate surface area is 116 Å². The molecule has 2 rings (SSSR count). The molecule has 0 bridgehead atoms. The Morgan fingerprint density at radius 3 is 2.95 bits per heavy atom. The van der Waals surface area contributed by atoms with Crippen molar-refractivity contribution in [1.82, 2.24) is 5.32 Å². The molecular weight excluding hydrogens is 238 g/mol. The van der Waals surface area contributed by atoms with E-state index in [2.05, 4.69) is 18.3 Å². The Balaban J connectivity index is 1.99. The third-order valence-electron chi connectivity index (χ3n) is 4.25. The molecule has 2 unspecified atom stereocenters. The summed E-state index contributed by atoms with van der Waals surface area (Å²) >= 11 is 0. The molecule has 3 nitrogen and oxygen atoms in total. The van der Waals surface area contributed by atoms with Crippen molar-refractivity contribution in [1.29, 1.82) is 0 Å². The lowest BCUT2D eigenvalue weighted by Gasteiger charge is -2.30. The zero-order chi connectivity index (χ0) is 13.7. The van der Waals surface area contributed by atoms with Crippen molar-refractivity contribution < 1.29 is 9.84 Å². The Bertz CT molecular complexity index is 407. The Kier molecular flexibility index (Phi) is 4.83. The molecule has 2 N–H and O–H groups in total. The van der Waals surface area contributed by atoms with E-state index in [0.717, 1.165) is 25.1 Å². The van der Waals surface area contributed by atoms with E-state index in [-0.39, 0.29) is 12.0 Å². The Morgan fingerprint density at radius 1 is 1.42 bits per heavy atom. The van der Waals surface area contributed by atoms with Gasteiger partial charge in [0.1, 0.15) is 5.75 Å². The van der Waals surface area contributed by atoms with E-state index in [1.54, 1.807) is 0 Å². The topological polar surface area (TPSA) is 41.5 Å². The van der Waals surface area contributed by atoms with Gasteiger partial charge in [0.15, 0.2) is 0 Å². The van der Waals surface area contributed by atoms with Gasteiger partial charge in [0.25, 0.3) is 0 Å². The molecule has 1 saturated carbocycles. The van der Waals surface area contributed by atoms with Crippen molar-refractivity contribution in [2.24, 2.45) is 5.41 Å². The minimum atomic E-state index is 0.0283. The third-order valence-corrected chi connectivity index (χ3v) is 4.25. The molecule has 0 radical (unpaired) electrons. The number of para-hydroxylation sites is 1. The van der Waals surface area contributed by atoms with Crippen molar-refractivity contribution in [2.75, 3.05) is 13.2 Å². The standard InChI is InChI=1S/C16H25NO2/c1-3-19-14-8-5-4-7-13(14)11-17-15-9-6-10-16(15,2)12-18/h4-5,7-8,15,17-18H,3,6,9-12H2,1-2H3. The van der Waals surface area contributed by atoms with E-state index in [1.807, 2.05) is 25.1 Å². The molecule has 1 aliphatic carbocycles. The van der Waals surface area contributed by atoms with E-state index < -0.39 is 0 Å². The van der Waals surface area contributed by atoms with Crippen molar-refractivity contribution in [3.63, 3.8) is 0 Å². The average molecular weight is 263 g/mol. The highest BCUT2D eigenvalue weighted by molar-refractivity contribution is 5.33. The lowest BCUT2D eigenvalue weighted by atomic mass is 9.85. The van der Waals surface area contributed by atoms with Gasteiger partial charge < -0.3 is 15.2 Å². The summed E-state index contributed by atoms with van der Waals surface area (Å²) in [7, 11) is 0. The van der Waals surface area contributed by atoms with E-state index >= 15 is 0 Å². The fraction of sp³-hybridized carbons (Fsp3) is 0.625. The minimum Gasteiger partial charge on any atom is -0.494 e. The van der Waals surface area contributed by atoms with Crippen LogP contribution in [0.2, 0.25) is 0 Å². The van der Waals surface area contributed by atoms with Gasteiger partial charge in [-0.05, 0) is 25.8 Å². The molecule has 0 aliphatic heterocycles. The number of benzene rings is 1. The monoisotopic (exact) mass is 263 g/mol. The van der Waals surface area contributed by atoms with Crippen molar-refractivity contribution >= 4 is 0 Å². The summed E-state index contributed by atoms with van der Waals surface area (Å²) in [6.07, 6.45) is 3.45. The molecule has 1 aromatic rings. The van der Waals surface area contributed by atoms with Gasteiger partial charge in [0.05, 0.1) is 6.61 Å². The molecule has 0 heterocycles. The molecule has 2 atom stereocenters. The summed E-state index contributed by atoms with van der Waals surface area (Å²) in [5.74, 6) is 0.959. The van der Waals surface area contributed by atoms with Crippen LogP contribution in [0.3, 0.4) is 0 Å². The van der Waals surface area contributed by atoms with Crippen LogP contribution < -0.4 is 10.1 Å². The highest BCUT2D eigenvalue weighted by atomic mass is 16.5. The Hall–Kier alpha value is -1.06. The third kappa shape index (κ3) is 3.28. The molecule has 1 aromatic carbocycles. The van der Waals surface area contributed by atoms with Gasteiger partial charge >= 0.3 is 0 Å². The zero-order valence-electron chi connectivity index (χ0n) is 12.0. The molecule has 19 heavy (non-hydrogen) atoms. The molecular formula is C16H25NO2. The Morgan fingerprint density at radius 2 is 2.21 bits per heavy atom. The largest absolute Gasteiger partial charge is 0.494 e. The molecule has 0 saturated heterocycles. The fourth-order valence-electron chi connectivity index (χ4n) is 2.95. The summed E-state index contributed by atoms with van der Waals surface area (Å²) in [5, 5.41) is 13.2. The first-order chi connectivity index (χ1) is 9.19. The first-order valence-electron chi connectivity index (χ1n) is 7.24. The maximum absolute atomic E-state index is 9.57. The second-order valence-corrected chi connectivity index (χ2v) is 5.68. The number of nitrogens with one attached hydrogen (secondary N) is 1. The number of aliphatic hydroxyl groups excluding tert-OH is 1. The van der Waals surface area contributed by atoms with Crippen molar-refractivity contribution in [2.45, 2.75) is 45.7 Å². The highest BCUT2D eigenvalue weighted by Crippen LogP contribution is 2.37. The van der Waals surface area contributed by atoms with Crippen LogP contribution >= 0.6 is 0 Å². The maximum atomic E-state index is 9.57. The first-order valence-corrected chi connectivity index (χ1v) is 7.24. The van der Waals surface area contributed by atoms with Gasteiger partial charge in [-0.15, -0.1) is 0 Å². The molecule has 0 amide bonds. The van der Waals surface area contributed by atoms with Crippen LogP contribution in [-0.2, 0) is 6.54 Å². The fourth-order valence-corrected chi connectivity index (χ4v) is 2.95. The summed E-state index contributed by atoms with van der Waals surface area (Å²) in [5.41, 5.74) is 1.22. The van der Waals surface area contributed by atoms with Crippen LogP contribution in [-0.4, -0.2) is 24.4 Å². The molecule has 0 spiro atoms. The molecule has 3 heteroatoms. The number of aliphatic hydroxyl groups is 1. The van der Waals surface area contributed by atoms with E-state index in [1.165, 1.54) is 12.0 Å². The molecule has 1 fully saturated rings. The number of ether oxygens (including phenoxy) is 1. The van der Waals surface area contributed by atoms with Gasteiger partial charge in [-0.1, -0.05) is 31.5 Å². The highest BCUT2D eigenvalue weighted by Gasteiger charge is 2.37. The van der Waals surface area contributed by atoms with Gasteiger partial charge in [-0.3, -0.25) is 0 Å². The van der Waals surface area contributed by atoms with Crippen molar-refractivity contribution in [3.8, 4) is 5.75 Å². The molecule has 1 aliphatic rings. The second kappa shape index (κ2) is 6.40. The molecule has 106 valence electrons. The lowest BCUT2D eigenvalue weighted by Crippen LogP contribution is -2.41. The number of hydrogen-bond donors (Lipinski definition) is 2. The lowest BCUT2D eigenvalue weighted by molar-refractivity contribution is 0.118. The number of hydrogen-bond acceptors (Lipinski definition) is 3. The SMILES string of the molecule is CCOc1ccccc1CNC1CCCC1(C)CO. The van der Waals surface area contributed by atoms with E-state index in [9.17, 15) is 5.11 Å². The van der Waals surface area contributed by atoms with Crippen LogP contribution in [0.15, 0.2) is 24.3 Å². The molecule has 0 aromatic heterocycles. The maximum Gasteiger partial charge on any atom is 0.123 e. The van der Waals surface area contributed by atoms with Gasteiger partial charge in [-0.25, -0.2) is 0 Å². The predicted octanol–water partition coefficient (Wildman–Crippen LogP) is 2.73. The van der Waals surface area contributed by atoms with Crippen LogP contribution in [0.4, 0.5) is 0 Å². The van der Waals surface area contributed by atoms with Crippen LogP contribution in [0.1, 0.15) is 38.7 Å². The van der Waals surface area contributed by atoms with E-state index in [4.69, 9.17) is 4.74 Å². The normalized spacial score (nSPS) is 26.6. The van der Waals surface area contributed by atoms with Gasteiger partial charge in [-0.2, -0.15) is 0 Å². The average Bonchev–Trinajstić information content (AvgIpc) is 2.80. The smallest absolute Gasteiger partial charge is 0.123 e. The van der Waals surface area contributed by atoms with Crippen LogP contribution in [0, 0.1) is 5.41 Å². The summed E-state index contributed by atoms with van der Waals surface area (Å²) in [6.45, 7) is 5.93. The second-order valence-electron chi connectivity index (χ2n) is 5.68. The zero-order valence-corrected chi connectivity index (χ0v) is 12.0. The van der Waals surface area contributed by atoms with Crippen LogP contribution in [0.5, 0.6) is 5.75 Å². The van der Waals surface area contributed by atoms with E-state index in [0.29, 0.717) is 12.6 Å². The summed E-state index contributed by atoms with van der Waals surface area (Å²) in [6, 6.07) is 8.55. The quantitative estimate of drug-likeness (QED) is 0.829. The van der Waals surface area contributed by atoms with Gasteiger partial charge in [0.2, 0.25) is 0 Å². The van der Waals surface area contributed by atoms with Crippen molar-refractivity contribution in [3.05, 3.63) is 29.8 Å². The van der Waals surface area contributed by atoms with Gasteiger partial charge in [0, 0.05) is 30.2 Å². The number of rotatable bonds is 6. The summed E-state index contributed by atoms with van der Waals surface area (Å²) in [4.78, 5) is 0. The summed E-state index contributed by atoms with van der Waals surface area (Å²) < 4.78 is 5.64. The first kappa shape index (κ1) is 14.4. The van der Waals surface area contributed by atoms with Crippen LogP contribution in [0.25, 0.3) is 0 Å². The minimum absolute atomic E-state index is 0.0283. The predicted molar refractivity (Wildman–Crippen MR) is 77.3 cm³/mol.